The highest BCUT2D eigenvalue weighted by Gasteiger charge is 2.21. The molecule has 2 amide bonds. The molecule has 1 saturated heterocycles. The Labute approximate surface area is 172 Å². The van der Waals surface area contributed by atoms with Gasteiger partial charge in [0.15, 0.2) is 0 Å². The van der Waals surface area contributed by atoms with E-state index in [4.69, 9.17) is 11.6 Å². The number of amides is 2. The fourth-order valence-corrected chi connectivity index (χ4v) is 3.14. The van der Waals surface area contributed by atoms with Gasteiger partial charge in [-0.2, -0.15) is 0 Å². The maximum atomic E-state index is 13.2. The third-order valence-electron chi connectivity index (χ3n) is 4.54. The fourth-order valence-electron chi connectivity index (χ4n) is 2.95. The lowest BCUT2D eigenvalue weighted by Crippen LogP contribution is -2.50. The number of nitrogens with zero attached hydrogens (tertiary/aromatic N) is 2. The van der Waals surface area contributed by atoms with Crippen molar-refractivity contribution in [3.05, 3.63) is 70.8 Å². The summed E-state index contributed by atoms with van der Waals surface area (Å²) in [6.45, 7) is 2.33. The molecule has 0 aliphatic carbocycles. The summed E-state index contributed by atoms with van der Waals surface area (Å²) in [4.78, 5) is 28.1. The van der Waals surface area contributed by atoms with Crippen molar-refractivity contribution < 1.29 is 18.4 Å². The van der Waals surface area contributed by atoms with Crippen LogP contribution in [0.5, 0.6) is 0 Å². The van der Waals surface area contributed by atoms with Gasteiger partial charge in [-0.3, -0.25) is 14.5 Å². The molecule has 0 bridgehead atoms. The number of nitrogens with one attached hydrogen (secondary N) is 1. The minimum Gasteiger partial charge on any atom is -0.337 e. The van der Waals surface area contributed by atoms with Crippen LogP contribution in [0, 0.1) is 11.6 Å². The third kappa shape index (κ3) is 6.10. The number of benzene rings is 2. The summed E-state index contributed by atoms with van der Waals surface area (Å²) in [5.74, 6) is -1.21. The van der Waals surface area contributed by atoms with Crippen LogP contribution in [0.1, 0.15) is 5.56 Å². The Morgan fingerprint density at radius 2 is 1.72 bits per heavy atom. The molecule has 152 valence electrons. The van der Waals surface area contributed by atoms with Gasteiger partial charge in [0.1, 0.15) is 11.6 Å². The Bertz CT molecular complexity index is 911. The Morgan fingerprint density at radius 3 is 2.38 bits per heavy atom. The number of hydrogen-bond acceptors (Lipinski definition) is 3. The van der Waals surface area contributed by atoms with Crippen LogP contribution in [0.2, 0.25) is 5.02 Å². The maximum absolute atomic E-state index is 13.2. The van der Waals surface area contributed by atoms with Gasteiger partial charge in [-0.15, -0.1) is 0 Å². The molecule has 0 aromatic heterocycles. The van der Waals surface area contributed by atoms with Crippen LogP contribution in [0.25, 0.3) is 6.08 Å². The van der Waals surface area contributed by atoms with Crippen molar-refractivity contribution in [3.8, 4) is 0 Å². The largest absolute Gasteiger partial charge is 0.337 e. The summed E-state index contributed by atoms with van der Waals surface area (Å²) in [5.41, 5.74) is 1.18. The molecule has 0 saturated carbocycles. The summed E-state index contributed by atoms with van der Waals surface area (Å²) in [7, 11) is 0. The summed E-state index contributed by atoms with van der Waals surface area (Å²) in [6.07, 6.45) is 3.02. The molecule has 3 rings (SSSR count). The molecular formula is C21H20ClF2N3O2. The van der Waals surface area contributed by atoms with Gasteiger partial charge in [0.25, 0.3) is 0 Å². The SMILES string of the molecule is O=C(CN1CCN(C(=O)/C=C/c2ccc(F)c(Cl)c2)CC1)Nc1ccc(F)cc1. The standard InChI is InChI=1S/C21H20ClF2N3O2/c22-18-13-15(1-7-19(18)24)2-8-21(29)27-11-9-26(10-12-27)14-20(28)25-17-5-3-16(23)4-6-17/h1-8,13H,9-12,14H2,(H,25,28)/b8-2+. The highest BCUT2D eigenvalue weighted by atomic mass is 35.5. The molecule has 1 aliphatic rings. The molecule has 0 unspecified atom stereocenters. The van der Waals surface area contributed by atoms with Crippen LogP contribution < -0.4 is 5.32 Å². The van der Waals surface area contributed by atoms with E-state index in [2.05, 4.69) is 5.32 Å². The molecule has 1 N–H and O–H groups in total. The molecule has 29 heavy (non-hydrogen) atoms. The van der Waals surface area contributed by atoms with E-state index in [1.165, 1.54) is 42.5 Å². The minimum atomic E-state index is -0.505. The zero-order valence-corrected chi connectivity index (χ0v) is 16.3. The summed E-state index contributed by atoms with van der Waals surface area (Å²) in [5, 5.41) is 2.73. The number of carbonyl (C=O) groups is 2. The topological polar surface area (TPSA) is 52.7 Å². The average Bonchev–Trinajstić information content (AvgIpc) is 2.71. The van der Waals surface area contributed by atoms with Gasteiger partial charge in [0.2, 0.25) is 11.8 Å². The Hall–Kier alpha value is -2.77. The molecule has 1 heterocycles. The van der Waals surface area contributed by atoms with Gasteiger partial charge in [-0.25, -0.2) is 8.78 Å². The zero-order chi connectivity index (χ0) is 20.8. The van der Waals surface area contributed by atoms with Crippen molar-refractivity contribution in [2.45, 2.75) is 0 Å². The van der Waals surface area contributed by atoms with Crippen LogP contribution in [-0.2, 0) is 9.59 Å². The van der Waals surface area contributed by atoms with Crippen LogP contribution >= 0.6 is 11.6 Å². The number of rotatable bonds is 5. The Balaban J connectivity index is 1.45. The zero-order valence-electron chi connectivity index (χ0n) is 15.6. The molecule has 0 spiro atoms. The van der Waals surface area contributed by atoms with Gasteiger partial charge in [-0.1, -0.05) is 17.7 Å². The van der Waals surface area contributed by atoms with E-state index in [-0.39, 0.29) is 29.2 Å². The summed E-state index contributed by atoms with van der Waals surface area (Å²) >= 11 is 5.73. The number of piperazine rings is 1. The van der Waals surface area contributed by atoms with E-state index < -0.39 is 5.82 Å². The minimum absolute atomic E-state index is 0.00660. The van der Waals surface area contributed by atoms with Crippen LogP contribution in [0.3, 0.4) is 0 Å². The van der Waals surface area contributed by atoms with E-state index in [1.54, 1.807) is 17.0 Å². The quantitative estimate of drug-likeness (QED) is 0.756. The van der Waals surface area contributed by atoms with Gasteiger partial charge in [0.05, 0.1) is 11.6 Å². The van der Waals surface area contributed by atoms with Gasteiger partial charge < -0.3 is 10.2 Å². The van der Waals surface area contributed by atoms with Gasteiger partial charge in [-0.05, 0) is 48.0 Å². The third-order valence-corrected chi connectivity index (χ3v) is 4.83. The molecule has 0 atom stereocenters. The first-order chi connectivity index (χ1) is 13.9. The number of hydrogen-bond donors (Lipinski definition) is 1. The van der Waals surface area contributed by atoms with Gasteiger partial charge in [0, 0.05) is 37.9 Å². The first-order valence-electron chi connectivity index (χ1n) is 9.10. The monoisotopic (exact) mass is 419 g/mol. The van der Waals surface area contributed by atoms with Crippen molar-refractivity contribution >= 4 is 35.2 Å². The molecule has 2 aromatic carbocycles. The van der Waals surface area contributed by atoms with E-state index in [0.717, 1.165) is 0 Å². The maximum Gasteiger partial charge on any atom is 0.246 e. The second kappa shape index (κ2) is 9.62. The van der Waals surface area contributed by atoms with Crippen molar-refractivity contribution in [3.63, 3.8) is 0 Å². The molecule has 1 aliphatic heterocycles. The van der Waals surface area contributed by atoms with Crippen molar-refractivity contribution in [2.75, 3.05) is 38.0 Å². The highest BCUT2D eigenvalue weighted by Crippen LogP contribution is 2.17. The summed E-state index contributed by atoms with van der Waals surface area (Å²) < 4.78 is 26.1. The number of carbonyl (C=O) groups excluding carboxylic acids is 2. The van der Waals surface area contributed by atoms with E-state index in [9.17, 15) is 18.4 Å². The number of anilines is 1. The van der Waals surface area contributed by atoms with E-state index >= 15 is 0 Å². The van der Waals surface area contributed by atoms with Crippen LogP contribution in [0.15, 0.2) is 48.5 Å². The predicted octanol–water partition coefficient (Wildman–Crippen LogP) is 3.41. The smallest absolute Gasteiger partial charge is 0.246 e. The van der Waals surface area contributed by atoms with Crippen molar-refractivity contribution in [2.24, 2.45) is 0 Å². The first-order valence-corrected chi connectivity index (χ1v) is 9.48. The highest BCUT2D eigenvalue weighted by molar-refractivity contribution is 6.30. The van der Waals surface area contributed by atoms with Crippen molar-refractivity contribution in [1.82, 2.24) is 9.80 Å². The Morgan fingerprint density at radius 1 is 1.03 bits per heavy atom. The lowest BCUT2D eigenvalue weighted by Gasteiger charge is -2.33. The van der Waals surface area contributed by atoms with E-state index in [1.807, 2.05) is 4.90 Å². The molecule has 2 aromatic rings. The number of halogens is 3. The molecule has 5 nitrogen and oxygen atoms in total. The first kappa shape index (κ1) is 21.0. The van der Waals surface area contributed by atoms with Crippen LogP contribution in [0.4, 0.5) is 14.5 Å². The van der Waals surface area contributed by atoms with Crippen LogP contribution in [-0.4, -0.2) is 54.3 Å². The second-order valence-corrected chi connectivity index (χ2v) is 7.07. The Kier molecular flexibility index (Phi) is 6.95. The normalized spacial score (nSPS) is 14.9. The molecular weight excluding hydrogens is 400 g/mol. The molecule has 8 heteroatoms. The molecule has 0 radical (unpaired) electrons. The fraction of sp³-hybridized carbons (Fsp3) is 0.238. The van der Waals surface area contributed by atoms with Gasteiger partial charge >= 0.3 is 0 Å². The average molecular weight is 420 g/mol. The lowest BCUT2D eigenvalue weighted by atomic mass is 10.2. The van der Waals surface area contributed by atoms with Crippen molar-refractivity contribution in [1.29, 1.82) is 0 Å². The molecule has 1 fully saturated rings. The van der Waals surface area contributed by atoms with E-state index in [0.29, 0.717) is 37.4 Å². The summed E-state index contributed by atoms with van der Waals surface area (Å²) in [6, 6.07) is 9.83. The lowest BCUT2D eigenvalue weighted by molar-refractivity contribution is -0.127. The second-order valence-electron chi connectivity index (χ2n) is 6.66. The predicted molar refractivity (Wildman–Crippen MR) is 108 cm³/mol.